The summed E-state index contributed by atoms with van der Waals surface area (Å²) in [5.74, 6) is -0.196. The molecule has 3 saturated heterocycles. The average Bonchev–Trinajstić information content (AvgIpc) is 3.71. The van der Waals surface area contributed by atoms with Gasteiger partial charge in [-0.15, -0.1) is 0 Å². The van der Waals surface area contributed by atoms with Crippen molar-refractivity contribution in [3.8, 4) is 0 Å². The molecule has 0 saturated carbocycles. The number of nitrogens with zero attached hydrogens (tertiary/aromatic N) is 6. The van der Waals surface area contributed by atoms with Crippen molar-refractivity contribution in [2.24, 2.45) is 0 Å². The molecule has 0 amide bonds. The van der Waals surface area contributed by atoms with Crippen LogP contribution in [0.15, 0.2) is 29.7 Å². The molecule has 4 aromatic heterocycles. The smallest absolute Gasteiger partial charge is 0.397 e. The van der Waals surface area contributed by atoms with Crippen LogP contribution in [0.3, 0.4) is 0 Å². The monoisotopic (exact) mass is 641 g/mol. The lowest BCUT2D eigenvalue weighted by Crippen LogP contribution is -2.24. The van der Waals surface area contributed by atoms with Crippen molar-refractivity contribution in [1.29, 1.82) is 0 Å². The Morgan fingerprint density at radius 3 is 2.02 bits per heavy atom. The van der Waals surface area contributed by atoms with Gasteiger partial charge in [0.25, 0.3) is 5.56 Å². The van der Waals surface area contributed by atoms with E-state index in [9.17, 15) is 23.7 Å². The summed E-state index contributed by atoms with van der Waals surface area (Å²) in [6, 6.07) is 1.57. The molecule has 4 bridgehead atoms. The number of fused-ring (bicyclic) bond motifs is 6. The molecule has 3 fully saturated rings. The Morgan fingerprint density at radius 2 is 1.42 bits per heavy atom. The normalized spacial score (nSPS) is 35.4. The molecule has 0 aromatic carbocycles. The Kier molecular flexibility index (Phi) is 6.90. The van der Waals surface area contributed by atoms with E-state index in [1.807, 2.05) is 0 Å². The first-order valence-corrected chi connectivity index (χ1v) is 15.9. The lowest BCUT2D eigenvalue weighted by Gasteiger charge is -2.24. The standard InChI is InChI=1S/C21H25N9O11P2/c22-11-1-2-24-16-14(11)25-7-29(16)19-12-3-9(38-19)5-36-43(34,35)41-13-4-10(6-37-42(32,33)40-12)39-20(13)30-8-26-15-17(30)27-21(23)28-18(15)31/h1-2,7-10,12-13,19-20H,3-6H2,(H2,22,24)(H,32,33)(H,34,35)(H3,23,27,28,31)/t9-,10-,12+,13+,19+,20+/m0/s1. The molecule has 0 spiro atoms. The highest BCUT2D eigenvalue weighted by molar-refractivity contribution is 7.47. The molecule has 3 aliphatic heterocycles. The number of imidazole rings is 2. The zero-order chi connectivity index (χ0) is 30.1. The second-order valence-corrected chi connectivity index (χ2v) is 12.9. The van der Waals surface area contributed by atoms with E-state index in [4.69, 9.17) is 39.0 Å². The summed E-state index contributed by atoms with van der Waals surface area (Å²) in [5, 5.41) is 0. The molecular weight excluding hydrogens is 616 g/mol. The Balaban J connectivity index is 1.18. The number of ether oxygens (including phenoxy) is 2. The molecule has 3 aliphatic rings. The quantitative estimate of drug-likeness (QED) is 0.184. The fourth-order valence-electron chi connectivity index (χ4n) is 5.35. The number of nitrogens with two attached hydrogens (primary N) is 2. The third kappa shape index (κ3) is 5.35. The fourth-order valence-corrected chi connectivity index (χ4v) is 7.25. The van der Waals surface area contributed by atoms with Crippen molar-refractivity contribution in [2.45, 2.75) is 49.7 Å². The van der Waals surface area contributed by atoms with Gasteiger partial charge in [0.2, 0.25) is 5.95 Å². The van der Waals surface area contributed by atoms with Gasteiger partial charge in [-0.3, -0.25) is 37.0 Å². The number of hydrogen-bond donors (Lipinski definition) is 5. The van der Waals surface area contributed by atoms with Crippen molar-refractivity contribution in [2.75, 3.05) is 24.7 Å². The maximum absolute atomic E-state index is 13.1. The largest absolute Gasteiger partial charge is 0.472 e. The van der Waals surface area contributed by atoms with Crippen LogP contribution in [0.1, 0.15) is 25.3 Å². The number of aromatic nitrogens is 7. The second-order valence-electron chi connectivity index (χ2n) is 10.1. The van der Waals surface area contributed by atoms with E-state index in [0.717, 1.165) is 0 Å². The van der Waals surface area contributed by atoms with Crippen LogP contribution in [0.25, 0.3) is 22.3 Å². The minimum atomic E-state index is -4.75. The lowest BCUT2D eigenvalue weighted by molar-refractivity contribution is -0.0668. The lowest BCUT2D eigenvalue weighted by atomic mass is 10.2. The van der Waals surface area contributed by atoms with Crippen molar-refractivity contribution in [3.63, 3.8) is 0 Å². The van der Waals surface area contributed by atoms with Gasteiger partial charge in [0, 0.05) is 19.0 Å². The van der Waals surface area contributed by atoms with Crippen LogP contribution in [0.5, 0.6) is 0 Å². The number of nitrogens with one attached hydrogen (secondary N) is 1. The molecule has 0 aliphatic carbocycles. The Labute approximate surface area is 240 Å². The van der Waals surface area contributed by atoms with Crippen LogP contribution in [-0.4, -0.2) is 81.5 Å². The van der Waals surface area contributed by atoms with E-state index in [2.05, 4.69) is 24.9 Å². The summed E-state index contributed by atoms with van der Waals surface area (Å²) in [6.45, 7) is -0.927. The van der Waals surface area contributed by atoms with Crippen LogP contribution in [0.2, 0.25) is 0 Å². The Hall–Kier alpha value is -3.29. The third-order valence-electron chi connectivity index (χ3n) is 7.17. The highest BCUT2D eigenvalue weighted by atomic mass is 31.2. The first-order chi connectivity index (χ1) is 20.5. The summed E-state index contributed by atoms with van der Waals surface area (Å²) in [5.41, 5.74) is 12.1. The third-order valence-corrected chi connectivity index (χ3v) is 9.19. The molecule has 7 heterocycles. The van der Waals surface area contributed by atoms with Crippen molar-refractivity contribution in [1.82, 2.24) is 34.1 Å². The van der Waals surface area contributed by atoms with Crippen molar-refractivity contribution >= 4 is 49.6 Å². The van der Waals surface area contributed by atoms with Gasteiger partial charge in [-0.1, -0.05) is 0 Å². The molecule has 22 heteroatoms. The second kappa shape index (κ2) is 10.4. The van der Waals surface area contributed by atoms with Gasteiger partial charge in [-0.25, -0.2) is 24.1 Å². The Morgan fingerprint density at radius 1 is 0.860 bits per heavy atom. The highest BCUT2D eigenvalue weighted by Crippen LogP contribution is 2.53. The molecule has 4 aromatic rings. The van der Waals surface area contributed by atoms with E-state index in [0.29, 0.717) is 16.9 Å². The van der Waals surface area contributed by atoms with Gasteiger partial charge in [0.15, 0.2) is 29.3 Å². The van der Waals surface area contributed by atoms with E-state index < -0.39 is 71.3 Å². The molecule has 7 N–H and O–H groups in total. The zero-order valence-electron chi connectivity index (χ0n) is 21.9. The van der Waals surface area contributed by atoms with Crippen molar-refractivity contribution < 1.29 is 46.5 Å². The molecule has 7 rings (SSSR count). The molecular formula is C21H25N9O11P2. The molecule has 20 nitrogen and oxygen atoms in total. The van der Waals surface area contributed by atoms with Gasteiger partial charge >= 0.3 is 15.6 Å². The Bertz CT molecular complexity index is 1860. The number of nitrogen functional groups attached to an aromatic ring is 2. The number of aromatic amines is 1. The average molecular weight is 641 g/mol. The van der Waals surface area contributed by atoms with Gasteiger partial charge < -0.3 is 30.7 Å². The molecule has 230 valence electrons. The highest BCUT2D eigenvalue weighted by Gasteiger charge is 2.47. The number of hydrogen-bond acceptors (Lipinski definition) is 15. The van der Waals surface area contributed by atoms with Crippen LogP contribution >= 0.6 is 15.6 Å². The minimum Gasteiger partial charge on any atom is -0.397 e. The first kappa shape index (κ1) is 28.5. The molecule has 43 heavy (non-hydrogen) atoms. The van der Waals surface area contributed by atoms with Crippen LogP contribution < -0.4 is 17.0 Å². The number of anilines is 2. The van der Waals surface area contributed by atoms with E-state index in [-0.39, 0.29) is 30.0 Å². The zero-order valence-corrected chi connectivity index (χ0v) is 23.7. The maximum Gasteiger partial charge on any atom is 0.472 e. The molecule has 8 atom stereocenters. The summed E-state index contributed by atoms with van der Waals surface area (Å²) < 4.78 is 62.6. The number of phosphoric acid groups is 2. The number of pyridine rings is 1. The SMILES string of the molecule is Nc1nc2c(ncn2[C@@H]2O[C@@H]3COP(=O)(O)O[C@@H]4C[C@@H](COP(=O)(O)O[C@@H]2C3)O[C@H]4n2cnc3c(N)ccnc32)c(=O)[nH]1. The minimum absolute atomic E-state index is 0.0178. The van der Waals surface area contributed by atoms with Gasteiger partial charge in [-0.05, 0) is 6.07 Å². The number of rotatable bonds is 2. The molecule has 2 unspecified atom stereocenters. The predicted octanol–water partition coefficient (Wildman–Crippen LogP) is 0.322. The van der Waals surface area contributed by atoms with E-state index in [1.54, 1.807) is 6.07 Å². The van der Waals surface area contributed by atoms with Gasteiger partial charge in [-0.2, -0.15) is 4.98 Å². The van der Waals surface area contributed by atoms with Gasteiger partial charge in [0.1, 0.15) is 17.7 Å². The topological polar surface area (TPSA) is 276 Å². The summed E-state index contributed by atoms with van der Waals surface area (Å²) >= 11 is 0. The van der Waals surface area contributed by atoms with Crippen LogP contribution in [0.4, 0.5) is 11.6 Å². The molecule has 0 radical (unpaired) electrons. The summed E-state index contributed by atoms with van der Waals surface area (Å²) in [4.78, 5) is 52.5. The summed E-state index contributed by atoms with van der Waals surface area (Å²) in [6.07, 6.45) is -2.36. The fraction of sp³-hybridized carbons (Fsp3) is 0.476. The van der Waals surface area contributed by atoms with Crippen LogP contribution in [0, 0.1) is 0 Å². The van der Waals surface area contributed by atoms with E-state index in [1.165, 1.54) is 28.0 Å². The number of phosphoric ester groups is 2. The first-order valence-electron chi connectivity index (χ1n) is 12.9. The van der Waals surface area contributed by atoms with E-state index >= 15 is 0 Å². The predicted molar refractivity (Wildman–Crippen MR) is 143 cm³/mol. The summed E-state index contributed by atoms with van der Waals surface area (Å²) in [7, 11) is -9.48. The van der Waals surface area contributed by atoms with Crippen LogP contribution in [-0.2, 0) is 36.7 Å². The maximum atomic E-state index is 13.1. The van der Waals surface area contributed by atoms with Gasteiger partial charge in [0.05, 0.1) is 43.8 Å². The van der Waals surface area contributed by atoms with Crippen molar-refractivity contribution in [3.05, 3.63) is 35.3 Å². The number of H-pyrrole nitrogens is 1.